The van der Waals surface area contributed by atoms with E-state index in [1.165, 1.54) is 12.5 Å². The fourth-order valence-corrected chi connectivity index (χ4v) is 1.97. The van der Waals surface area contributed by atoms with Gasteiger partial charge in [-0.2, -0.15) is 0 Å². The zero-order valence-electron chi connectivity index (χ0n) is 10.6. The van der Waals surface area contributed by atoms with Crippen molar-refractivity contribution in [3.05, 3.63) is 23.7 Å². The van der Waals surface area contributed by atoms with Gasteiger partial charge in [0.1, 0.15) is 31.1 Å². The van der Waals surface area contributed by atoms with Gasteiger partial charge in [0.15, 0.2) is 6.29 Å². The van der Waals surface area contributed by atoms with Crippen molar-refractivity contribution in [3.63, 3.8) is 0 Å². The van der Waals surface area contributed by atoms with Gasteiger partial charge in [-0.25, -0.2) is 4.39 Å². The molecule has 1 fully saturated rings. The average Bonchev–Trinajstić information content (AvgIpc) is 2.91. The Morgan fingerprint density at radius 3 is 2.45 bits per heavy atom. The summed E-state index contributed by atoms with van der Waals surface area (Å²) in [6, 6.07) is 0. The molecule has 0 aromatic carbocycles. The lowest BCUT2D eigenvalue weighted by Gasteiger charge is -2.39. The highest BCUT2D eigenvalue weighted by atomic mass is 19.1. The lowest BCUT2D eigenvalue weighted by molar-refractivity contribution is -0.304. The van der Waals surface area contributed by atoms with Gasteiger partial charge in [0.2, 0.25) is 0 Å². The smallest absolute Gasteiger partial charge is 0.187 e. The quantitative estimate of drug-likeness (QED) is 0.554. The number of hydrogen-bond acceptors (Lipinski definition) is 7. The molecule has 0 saturated carbocycles. The predicted molar refractivity (Wildman–Crippen MR) is 62.1 cm³/mol. The summed E-state index contributed by atoms with van der Waals surface area (Å²) in [6.07, 6.45) is -4.16. The molecule has 4 N–H and O–H groups in total. The summed E-state index contributed by atoms with van der Waals surface area (Å²) in [5.74, 6) is 0. The number of aliphatic hydroxyl groups is 4. The van der Waals surface area contributed by atoms with Crippen LogP contribution in [0.3, 0.4) is 0 Å². The molecular weight excluding hydrogens is 275 g/mol. The van der Waals surface area contributed by atoms with Gasteiger partial charge in [-0.3, -0.25) is 0 Å². The second kappa shape index (κ2) is 6.61. The van der Waals surface area contributed by atoms with Crippen molar-refractivity contribution < 1.29 is 38.7 Å². The van der Waals surface area contributed by atoms with Crippen LogP contribution in [0.2, 0.25) is 0 Å². The van der Waals surface area contributed by atoms with Crippen LogP contribution in [0.15, 0.2) is 16.9 Å². The Morgan fingerprint density at radius 2 is 1.80 bits per heavy atom. The van der Waals surface area contributed by atoms with Crippen LogP contribution in [-0.4, -0.2) is 57.7 Å². The van der Waals surface area contributed by atoms with Crippen LogP contribution in [0.4, 0.5) is 4.39 Å². The first-order valence-electron chi connectivity index (χ1n) is 6.10. The second-order valence-electron chi connectivity index (χ2n) is 4.56. The van der Waals surface area contributed by atoms with Crippen molar-refractivity contribution in [1.29, 1.82) is 0 Å². The molecule has 5 atom stereocenters. The minimum Gasteiger partial charge on any atom is -0.472 e. The molecule has 1 aliphatic heterocycles. The van der Waals surface area contributed by atoms with Gasteiger partial charge in [-0.1, -0.05) is 0 Å². The fourth-order valence-electron chi connectivity index (χ4n) is 1.97. The minimum absolute atomic E-state index is 0.0988. The highest BCUT2D eigenvalue weighted by Crippen LogP contribution is 2.23. The lowest BCUT2D eigenvalue weighted by Crippen LogP contribution is -2.59. The third kappa shape index (κ3) is 3.00. The van der Waals surface area contributed by atoms with Crippen molar-refractivity contribution >= 4 is 0 Å². The highest BCUT2D eigenvalue weighted by Gasteiger charge is 2.44. The summed E-state index contributed by atoms with van der Waals surface area (Å²) in [7, 11) is 0. The van der Waals surface area contributed by atoms with E-state index in [1.807, 2.05) is 0 Å². The summed E-state index contributed by atoms with van der Waals surface area (Å²) >= 11 is 0. The average molecular weight is 292 g/mol. The highest BCUT2D eigenvalue weighted by molar-refractivity contribution is 5.19. The molecule has 1 aromatic rings. The number of halogens is 1. The number of aliphatic hydroxyl groups excluding tert-OH is 4. The van der Waals surface area contributed by atoms with Gasteiger partial charge in [0.05, 0.1) is 25.7 Å². The van der Waals surface area contributed by atoms with Crippen LogP contribution < -0.4 is 0 Å². The molecule has 114 valence electrons. The Bertz CT molecular complexity index is 422. The molecule has 8 heteroatoms. The van der Waals surface area contributed by atoms with Gasteiger partial charge < -0.3 is 34.3 Å². The van der Waals surface area contributed by atoms with E-state index in [-0.39, 0.29) is 6.61 Å². The van der Waals surface area contributed by atoms with Crippen LogP contribution in [0, 0.1) is 0 Å². The first kappa shape index (κ1) is 15.4. The Morgan fingerprint density at radius 1 is 1.10 bits per heavy atom. The van der Waals surface area contributed by atoms with Crippen molar-refractivity contribution in [2.24, 2.45) is 0 Å². The molecule has 0 aliphatic carbocycles. The third-order valence-electron chi connectivity index (χ3n) is 3.23. The Labute approximate surface area is 114 Å². The number of furan rings is 1. The predicted octanol–water partition coefficient (Wildman–Crippen LogP) is -0.934. The van der Waals surface area contributed by atoms with Crippen LogP contribution in [0.25, 0.3) is 0 Å². The second-order valence-corrected chi connectivity index (χ2v) is 4.56. The Kier molecular flexibility index (Phi) is 5.08. The molecule has 1 aromatic heterocycles. The van der Waals surface area contributed by atoms with E-state index >= 15 is 0 Å². The van der Waals surface area contributed by atoms with Crippen molar-refractivity contribution in [3.8, 4) is 0 Å². The SMILES string of the molecule is OC[C@H]1O[C@@H](OCc2cocc2CF)[C@H](O)[C@@H](O)[C@H]1O. The van der Waals surface area contributed by atoms with Crippen LogP contribution in [-0.2, 0) is 22.8 Å². The van der Waals surface area contributed by atoms with E-state index in [4.69, 9.17) is 19.0 Å². The van der Waals surface area contributed by atoms with E-state index in [1.54, 1.807) is 0 Å². The first-order valence-corrected chi connectivity index (χ1v) is 6.10. The summed E-state index contributed by atoms with van der Waals surface area (Å²) in [5, 5.41) is 37.9. The first-order chi connectivity index (χ1) is 9.58. The third-order valence-corrected chi connectivity index (χ3v) is 3.23. The maximum absolute atomic E-state index is 12.6. The monoisotopic (exact) mass is 292 g/mol. The van der Waals surface area contributed by atoms with Crippen molar-refractivity contribution in [1.82, 2.24) is 0 Å². The van der Waals surface area contributed by atoms with Gasteiger partial charge in [0.25, 0.3) is 0 Å². The standard InChI is InChI=1S/C12H17FO7/c13-1-6-3-18-4-7(6)5-19-12-11(17)10(16)9(15)8(2-14)20-12/h3-4,8-12,14-17H,1-2,5H2/t8-,9+,10+,11-,12-/m1/s1. The van der Waals surface area contributed by atoms with Crippen molar-refractivity contribution in [2.45, 2.75) is 44.0 Å². The van der Waals surface area contributed by atoms with E-state index in [2.05, 4.69) is 0 Å². The molecule has 0 spiro atoms. The normalized spacial score (nSPS) is 34.4. The van der Waals surface area contributed by atoms with E-state index in [0.717, 1.165) is 0 Å². The van der Waals surface area contributed by atoms with E-state index in [0.29, 0.717) is 11.1 Å². The molecule has 1 saturated heterocycles. The number of hydrogen-bond donors (Lipinski definition) is 4. The molecule has 20 heavy (non-hydrogen) atoms. The maximum atomic E-state index is 12.6. The van der Waals surface area contributed by atoms with Gasteiger partial charge in [-0.05, 0) is 0 Å². The summed E-state index contributed by atoms with van der Waals surface area (Å²) in [4.78, 5) is 0. The van der Waals surface area contributed by atoms with E-state index in [9.17, 15) is 19.7 Å². The Balaban J connectivity index is 1.98. The molecule has 7 nitrogen and oxygen atoms in total. The molecule has 0 radical (unpaired) electrons. The number of ether oxygens (including phenoxy) is 2. The summed E-state index contributed by atoms with van der Waals surface area (Å²) < 4.78 is 27.8. The number of alkyl halides is 1. The summed E-state index contributed by atoms with van der Waals surface area (Å²) in [5.41, 5.74) is 0.763. The molecule has 2 heterocycles. The van der Waals surface area contributed by atoms with Gasteiger partial charge in [-0.15, -0.1) is 0 Å². The van der Waals surface area contributed by atoms with Crippen LogP contribution in [0.5, 0.6) is 0 Å². The lowest BCUT2D eigenvalue weighted by atomic mass is 9.99. The molecule has 1 aliphatic rings. The number of rotatable bonds is 5. The largest absolute Gasteiger partial charge is 0.472 e. The van der Waals surface area contributed by atoms with E-state index < -0.39 is 44.0 Å². The van der Waals surface area contributed by atoms with Gasteiger partial charge >= 0.3 is 0 Å². The zero-order valence-corrected chi connectivity index (χ0v) is 10.6. The molecule has 2 rings (SSSR count). The zero-order chi connectivity index (χ0) is 14.7. The fraction of sp³-hybridized carbons (Fsp3) is 0.667. The Hall–Kier alpha value is -1.03. The summed E-state index contributed by atoms with van der Waals surface area (Å²) in [6.45, 7) is -1.35. The van der Waals surface area contributed by atoms with Crippen LogP contribution >= 0.6 is 0 Å². The van der Waals surface area contributed by atoms with Crippen LogP contribution in [0.1, 0.15) is 11.1 Å². The minimum atomic E-state index is -1.50. The molecule has 0 amide bonds. The van der Waals surface area contributed by atoms with Crippen molar-refractivity contribution in [2.75, 3.05) is 6.61 Å². The molecular formula is C12H17FO7. The maximum Gasteiger partial charge on any atom is 0.187 e. The topological polar surface area (TPSA) is 113 Å². The molecule has 0 bridgehead atoms. The van der Waals surface area contributed by atoms with Gasteiger partial charge in [0, 0.05) is 11.1 Å². The molecule has 0 unspecified atom stereocenters.